The van der Waals surface area contributed by atoms with E-state index in [9.17, 15) is 0 Å². The van der Waals surface area contributed by atoms with Crippen LogP contribution in [-0.2, 0) is 0 Å². The van der Waals surface area contributed by atoms with E-state index in [2.05, 4.69) is 22.2 Å². The highest BCUT2D eigenvalue weighted by atomic mass is 32.1. The van der Waals surface area contributed by atoms with Crippen LogP contribution < -0.4 is 10.1 Å². The smallest absolute Gasteiger partial charge is 0.237 e. The van der Waals surface area contributed by atoms with Gasteiger partial charge in [-0.2, -0.15) is 0 Å². The largest absolute Gasteiger partial charge is 0.476 e. The molecule has 102 valence electrons. The quantitative estimate of drug-likeness (QED) is 0.904. The summed E-state index contributed by atoms with van der Waals surface area (Å²) < 4.78 is 5.52. The van der Waals surface area contributed by atoms with E-state index in [1.165, 1.54) is 4.88 Å². The Morgan fingerprint density at radius 2 is 2.21 bits per heavy atom. The predicted molar refractivity (Wildman–Crippen MR) is 79.0 cm³/mol. The van der Waals surface area contributed by atoms with Crippen molar-refractivity contribution in [2.75, 3.05) is 11.9 Å². The van der Waals surface area contributed by atoms with E-state index in [-0.39, 0.29) is 6.04 Å². The number of anilines is 1. The maximum Gasteiger partial charge on any atom is 0.237 e. The molecule has 0 radical (unpaired) electrons. The van der Waals surface area contributed by atoms with E-state index in [0.717, 1.165) is 16.4 Å². The molecule has 0 bridgehead atoms. The summed E-state index contributed by atoms with van der Waals surface area (Å²) in [7, 11) is 0. The molecule has 2 aromatic heterocycles. The van der Waals surface area contributed by atoms with Crippen LogP contribution in [0.3, 0.4) is 0 Å². The first-order valence-corrected chi connectivity index (χ1v) is 7.21. The van der Waals surface area contributed by atoms with Crippen LogP contribution in [0.15, 0.2) is 18.3 Å². The molecular formula is C14H19N3OS. The van der Waals surface area contributed by atoms with Gasteiger partial charge in [0.15, 0.2) is 0 Å². The number of hydrogen-bond acceptors (Lipinski definition) is 5. The zero-order valence-electron chi connectivity index (χ0n) is 11.7. The van der Waals surface area contributed by atoms with Crippen LogP contribution >= 0.6 is 11.3 Å². The van der Waals surface area contributed by atoms with Gasteiger partial charge < -0.3 is 10.1 Å². The molecule has 0 fully saturated rings. The number of ether oxygens (including phenoxy) is 1. The Labute approximate surface area is 117 Å². The maximum absolute atomic E-state index is 5.52. The molecule has 1 N–H and O–H groups in total. The van der Waals surface area contributed by atoms with Crippen molar-refractivity contribution in [1.82, 2.24) is 9.97 Å². The highest BCUT2D eigenvalue weighted by Gasteiger charge is 2.14. The summed E-state index contributed by atoms with van der Waals surface area (Å²) in [4.78, 5) is 9.96. The fourth-order valence-corrected chi connectivity index (χ4v) is 2.93. The Bertz CT molecular complexity index is 553. The second-order valence-electron chi connectivity index (χ2n) is 4.34. The number of aryl methyl sites for hydroxylation is 2. The molecule has 0 saturated carbocycles. The summed E-state index contributed by atoms with van der Waals surface area (Å²) in [6.45, 7) is 8.77. The summed E-state index contributed by atoms with van der Waals surface area (Å²) in [5, 5.41) is 4.54. The average molecular weight is 277 g/mol. The Balaban J connectivity index is 2.19. The fourth-order valence-electron chi connectivity index (χ4n) is 2.00. The molecule has 0 aliphatic heterocycles. The Morgan fingerprint density at radius 1 is 1.42 bits per heavy atom. The third-order valence-corrected chi connectivity index (χ3v) is 4.01. The molecule has 1 unspecified atom stereocenters. The van der Waals surface area contributed by atoms with E-state index in [0.29, 0.717) is 12.5 Å². The van der Waals surface area contributed by atoms with E-state index < -0.39 is 0 Å². The van der Waals surface area contributed by atoms with Gasteiger partial charge in [-0.15, -0.1) is 11.3 Å². The van der Waals surface area contributed by atoms with Gasteiger partial charge in [-0.3, -0.25) is 0 Å². The minimum absolute atomic E-state index is 0.189. The van der Waals surface area contributed by atoms with Gasteiger partial charge in [-0.05, 0) is 39.8 Å². The lowest BCUT2D eigenvalue weighted by atomic mass is 10.2. The van der Waals surface area contributed by atoms with Gasteiger partial charge in [-0.1, -0.05) is 0 Å². The number of aromatic nitrogens is 2. The molecule has 4 nitrogen and oxygen atoms in total. The predicted octanol–water partition coefficient (Wildman–Crippen LogP) is 3.73. The van der Waals surface area contributed by atoms with Gasteiger partial charge in [0.25, 0.3) is 0 Å². The highest BCUT2D eigenvalue weighted by Crippen LogP contribution is 2.30. The molecule has 0 spiro atoms. The number of nitrogens with one attached hydrogen (secondary N) is 1. The molecule has 19 heavy (non-hydrogen) atoms. The Morgan fingerprint density at radius 3 is 2.84 bits per heavy atom. The minimum Gasteiger partial charge on any atom is -0.476 e. The molecule has 0 aromatic carbocycles. The monoisotopic (exact) mass is 277 g/mol. The first-order chi connectivity index (χ1) is 9.11. The molecular weight excluding hydrogens is 258 g/mol. The molecule has 2 heterocycles. The van der Waals surface area contributed by atoms with E-state index >= 15 is 0 Å². The third-order valence-electron chi connectivity index (χ3n) is 2.76. The van der Waals surface area contributed by atoms with Gasteiger partial charge in [0.2, 0.25) is 5.88 Å². The van der Waals surface area contributed by atoms with Gasteiger partial charge >= 0.3 is 0 Å². The number of thiazole rings is 1. The lowest BCUT2D eigenvalue weighted by Crippen LogP contribution is -2.08. The minimum atomic E-state index is 0.189. The zero-order valence-corrected chi connectivity index (χ0v) is 12.5. The number of pyridine rings is 1. The van der Waals surface area contributed by atoms with E-state index in [1.807, 2.05) is 32.9 Å². The molecule has 1 atom stereocenters. The molecule has 0 aliphatic rings. The second-order valence-corrected chi connectivity index (χ2v) is 5.57. The van der Waals surface area contributed by atoms with Gasteiger partial charge in [-0.25, -0.2) is 9.97 Å². The Kier molecular flexibility index (Phi) is 4.37. The number of hydrogen-bond donors (Lipinski definition) is 1. The van der Waals surface area contributed by atoms with Gasteiger partial charge in [0.05, 0.1) is 29.0 Å². The summed E-state index contributed by atoms with van der Waals surface area (Å²) in [5.74, 6) is 0.649. The van der Waals surface area contributed by atoms with Crippen LogP contribution in [0.25, 0.3) is 0 Å². The molecule has 0 amide bonds. The lowest BCUT2D eigenvalue weighted by molar-refractivity contribution is 0.328. The van der Waals surface area contributed by atoms with Crippen molar-refractivity contribution in [3.05, 3.63) is 33.9 Å². The summed E-state index contributed by atoms with van der Waals surface area (Å²) >= 11 is 1.73. The van der Waals surface area contributed by atoms with Crippen molar-refractivity contribution in [3.8, 4) is 5.88 Å². The average Bonchev–Trinajstić information content (AvgIpc) is 2.71. The van der Waals surface area contributed by atoms with Crippen LogP contribution in [0.5, 0.6) is 5.88 Å². The molecule has 0 aliphatic carbocycles. The topological polar surface area (TPSA) is 47.0 Å². The Hall–Kier alpha value is -1.62. The van der Waals surface area contributed by atoms with Gasteiger partial charge in [0.1, 0.15) is 0 Å². The van der Waals surface area contributed by atoms with Gasteiger partial charge in [0, 0.05) is 11.1 Å². The third kappa shape index (κ3) is 3.23. The first-order valence-electron chi connectivity index (χ1n) is 6.40. The van der Waals surface area contributed by atoms with E-state index in [1.54, 1.807) is 17.5 Å². The highest BCUT2D eigenvalue weighted by molar-refractivity contribution is 7.11. The van der Waals surface area contributed by atoms with Crippen LogP contribution in [0.2, 0.25) is 0 Å². The fraction of sp³-hybridized carbons (Fsp3) is 0.429. The normalized spacial score (nSPS) is 12.2. The summed E-state index contributed by atoms with van der Waals surface area (Å²) in [6, 6.07) is 4.08. The first kappa shape index (κ1) is 13.8. The summed E-state index contributed by atoms with van der Waals surface area (Å²) in [6.07, 6.45) is 1.74. The van der Waals surface area contributed by atoms with Crippen molar-refractivity contribution in [2.45, 2.75) is 33.7 Å². The summed E-state index contributed by atoms with van der Waals surface area (Å²) in [5.41, 5.74) is 2.01. The zero-order chi connectivity index (χ0) is 13.8. The van der Waals surface area contributed by atoms with Crippen LogP contribution in [-0.4, -0.2) is 16.6 Å². The second kappa shape index (κ2) is 6.02. The van der Waals surface area contributed by atoms with Crippen LogP contribution in [0.1, 0.15) is 35.5 Å². The molecule has 2 aromatic rings. The van der Waals surface area contributed by atoms with Crippen LogP contribution in [0.4, 0.5) is 5.69 Å². The van der Waals surface area contributed by atoms with Crippen LogP contribution in [0, 0.1) is 13.8 Å². The van der Waals surface area contributed by atoms with Crippen molar-refractivity contribution in [1.29, 1.82) is 0 Å². The van der Waals surface area contributed by atoms with Crippen molar-refractivity contribution < 1.29 is 4.74 Å². The lowest BCUT2D eigenvalue weighted by Gasteiger charge is -2.16. The molecule has 0 saturated heterocycles. The maximum atomic E-state index is 5.52. The molecule has 2 rings (SSSR count). The number of nitrogens with zero attached hydrogens (tertiary/aromatic N) is 2. The van der Waals surface area contributed by atoms with E-state index in [4.69, 9.17) is 4.74 Å². The van der Waals surface area contributed by atoms with Crippen molar-refractivity contribution in [3.63, 3.8) is 0 Å². The molecule has 5 heteroatoms. The number of rotatable bonds is 5. The van der Waals surface area contributed by atoms with Crippen molar-refractivity contribution in [2.24, 2.45) is 0 Å². The van der Waals surface area contributed by atoms with Crippen molar-refractivity contribution >= 4 is 17.0 Å². The standard InChI is InChI=1S/C14H19N3OS/c1-5-18-14-12(7-6-8-15-14)17-10(3)13-9(2)16-11(4)19-13/h6-8,10,17H,5H2,1-4H3. The SMILES string of the molecule is CCOc1ncccc1NC(C)c1sc(C)nc1C.